The Bertz CT molecular complexity index is 1530. The molecule has 182 valence electrons. The number of hydrogen-bond donors (Lipinski definition) is 3. The predicted octanol–water partition coefficient (Wildman–Crippen LogP) is 4.09. The summed E-state index contributed by atoms with van der Waals surface area (Å²) < 4.78 is 35.4. The molecule has 3 N–H and O–H groups in total. The minimum Gasteiger partial charge on any atom is -0.506 e. The van der Waals surface area contributed by atoms with E-state index >= 15 is 0 Å². The van der Waals surface area contributed by atoms with Crippen LogP contribution >= 0.6 is 0 Å². The second kappa shape index (κ2) is 9.26. The van der Waals surface area contributed by atoms with Gasteiger partial charge in [-0.15, -0.1) is 0 Å². The average Bonchev–Trinajstić information content (AvgIpc) is 3.24. The Morgan fingerprint density at radius 1 is 1.11 bits per heavy atom. The number of benzene rings is 2. The maximum Gasteiger partial charge on any atom is 0.262 e. The lowest BCUT2D eigenvalue weighted by atomic mass is 10.1. The number of amides is 1. The van der Waals surface area contributed by atoms with Crippen molar-refractivity contribution in [3.05, 3.63) is 66.0 Å². The number of aryl methyl sites for hydroxylation is 1. The molecule has 0 unspecified atom stereocenters. The fraction of sp³-hybridized carbons (Fsp3) is 0.208. The van der Waals surface area contributed by atoms with Crippen molar-refractivity contribution in [2.75, 3.05) is 17.1 Å². The highest BCUT2D eigenvalue weighted by molar-refractivity contribution is 7.92. The highest BCUT2D eigenvalue weighted by Crippen LogP contribution is 2.31. The molecule has 11 heteroatoms. The van der Waals surface area contributed by atoms with Crippen LogP contribution in [0.4, 0.5) is 11.4 Å². The Morgan fingerprint density at radius 2 is 1.86 bits per heavy atom. The van der Waals surface area contributed by atoms with E-state index in [1.54, 1.807) is 48.1 Å². The first-order valence-corrected chi connectivity index (χ1v) is 12.2. The molecule has 4 rings (SSSR count). The van der Waals surface area contributed by atoms with Crippen molar-refractivity contribution in [3.63, 3.8) is 0 Å². The topological polar surface area (TPSA) is 135 Å². The van der Waals surface area contributed by atoms with Gasteiger partial charge in [-0.3, -0.25) is 9.52 Å². The van der Waals surface area contributed by atoms with E-state index in [1.807, 2.05) is 13.8 Å². The van der Waals surface area contributed by atoms with E-state index in [-0.39, 0.29) is 28.1 Å². The number of ether oxygens (including phenoxy) is 1. The smallest absolute Gasteiger partial charge is 0.262 e. The van der Waals surface area contributed by atoms with Gasteiger partial charge in [0.2, 0.25) is 0 Å². The zero-order valence-corrected chi connectivity index (χ0v) is 20.4. The molecular formula is C24H25N5O5S. The molecule has 0 fully saturated rings. The van der Waals surface area contributed by atoms with Crippen molar-refractivity contribution in [1.82, 2.24) is 14.8 Å². The summed E-state index contributed by atoms with van der Waals surface area (Å²) in [4.78, 5) is 17.5. The first-order chi connectivity index (χ1) is 16.6. The Hall–Kier alpha value is -4.12. The number of nitrogens with one attached hydrogen (secondary N) is 2. The molecule has 0 spiro atoms. The summed E-state index contributed by atoms with van der Waals surface area (Å²) in [6.45, 7) is 5.68. The van der Waals surface area contributed by atoms with Crippen LogP contribution in [-0.4, -0.2) is 41.3 Å². The molecule has 2 aromatic heterocycles. The molecule has 0 saturated heterocycles. The minimum atomic E-state index is -4.05. The molecule has 10 nitrogen and oxygen atoms in total. The zero-order chi connectivity index (χ0) is 25.3. The zero-order valence-electron chi connectivity index (χ0n) is 19.6. The van der Waals surface area contributed by atoms with Crippen LogP contribution in [0.5, 0.6) is 11.5 Å². The van der Waals surface area contributed by atoms with Crippen LogP contribution in [-0.2, 0) is 10.0 Å². The first kappa shape index (κ1) is 24.0. The number of carbonyl (C=O) groups is 1. The van der Waals surface area contributed by atoms with Crippen LogP contribution in [0.25, 0.3) is 11.0 Å². The molecule has 0 saturated carbocycles. The predicted molar refractivity (Wildman–Crippen MR) is 133 cm³/mol. The van der Waals surface area contributed by atoms with Gasteiger partial charge in [0.15, 0.2) is 5.65 Å². The van der Waals surface area contributed by atoms with Gasteiger partial charge in [0.25, 0.3) is 15.9 Å². The van der Waals surface area contributed by atoms with Gasteiger partial charge in [0.1, 0.15) is 11.5 Å². The number of sulfonamides is 1. The summed E-state index contributed by atoms with van der Waals surface area (Å²) >= 11 is 0. The number of para-hydroxylation sites is 2. The Balaban J connectivity index is 1.67. The number of carbonyl (C=O) groups excluding carboxylic acids is 1. The summed E-state index contributed by atoms with van der Waals surface area (Å²) in [5, 5.41) is 17.8. The summed E-state index contributed by atoms with van der Waals surface area (Å²) in [5.41, 5.74) is 1.68. The molecule has 0 radical (unpaired) electrons. The van der Waals surface area contributed by atoms with Crippen molar-refractivity contribution in [2.24, 2.45) is 0 Å². The average molecular weight is 496 g/mol. The van der Waals surface area contributed by atoms with Gasteiger partial charge in [-0.05, 0) is 57.2 Å². The number of rotatable bonds is 7. The van der Waals surface area contributed by atoms with E-state index in [0.717, 1.165) is 0 Å². The van der Waals surface area contributed by atoms with Gasteiger partial charge in [-0.2, -0.15) is 5.10 Å². The molecule has 0 aliphatic carbocycles. The number of nitrogens with zero attached hydrogens (tertiary/aromatic N) is 3. The molecule has 35 heavy (non-hydrogen) atoms. The summed E-state index contributed by atoms with van der Waals surface area (Å²) in [5.74, 6) is -0.469. The summed E-state index contributed by atoms with van der Waals surface area (Å²) in [6.07, 6.45) is 1.56. The highest BCUT2D eigenvalue weighted by atomic mass is 32.2. The molecule has 0 aliphatic heterocycles. The SMILES string of the molecule is COc1ccccc1NS(=O)(=O)c1ccc(O)c(NC(=O)c2cc(C)nc3c2cnn3C(C)C)c1. The van der Waals surface area contributed by atoms with Gasteiger partial charge in [-0.1, -0.05) is 12.1 Å². The number of pyridine rings is 1. The number of methoxy groups -OCH3 is 1. The van der Waals surface area contributed by atoms with E-state index in [1.165, 1.54) is 25.3 Å². The normalized spacial score (nSPS) is 11.6. The van der Waals surface area contributed by atoms with E-state index < -0.39 is 15.9 Å². The maximum atomic E-state index is 13.2. The highest BCUT2D eigenvalue weighted by Gasteiger charge is 2.21. The standard InChI is InChI=1S/C24H25N5O5S/c1-14(2)29-23-18(13-25-29)17(11-15(3)26-23)24(31)27-20-12-16(9-10-21(20)30)35(32,33)28-19-7-5-6-8-22(19)34-4/h5-14,28,30H,1-4H3,(H,27,31). The molecule has 2 heterocycles. The van der Waals surface area contributed by atoms with Crippen molar-refractivity contribution in [3.8, 4) is 11.5 Å². The lowest BCUT2D eigenvalue weighted by molar-refractivity contribution is 0.102. The summed E-state index contributed by atoms with van der Waals surface area (Å²) in [7, 11) is -2.61. The molecule has 0 atom stereocenters. The quantitative estimate of drug-likeness (QED) is 0.329. The first-order valence-electron chi connectivity index (χ1n) is 10.8. The van der Waals surface area contributed by atoms with Crippen molar-refractivity contribution < 1.29 is 23.1 Å². The van der Waals surface area contributed by atoms with Gasteiger partial charge in [-0.25, -0.2) is 18.1 Å². The fourth-order valence-corrected chi connectivity index (χ4v) is 4.71. The Morgan fingerprint density at radius 3 is 2.57 bits per heavy atom. The number of aromatic nitrogens is 3. The minimum absolute atomic E-state index is 0.0411. The largest absolute Gasteiger partial charge is 0.506 e. The molecular weight excluding hydrogens is 470 g/mol. The van der Waals surface area contributed by atoms with E-state index in [0.29, 0.717) is 28.0 Å². The van der Waals surface area contributed by atoms with Crippen LogP contribution < -0.4 is 14.8 Å². The van der Waals surface area contributed by atoms with Crippen LogP contribution in [0.15, 0.2) is 59.6 Å². The number of anilines is 2. The van der Waals surface area contributed by atoms with Gasteiger partial charge < -0.3 is 15.2 Å². The molecule has 0 aliphatic rings. The molecule has 1 amide bonds. The van der Waals surface area contributed by atoms with E-state index in [4.69, 9.17) is 4.74 Å². The number of hydrogen-bond acceptors (Lipinski definition) is 7. The number of fused-ring (bicyclic) bond motifs is 1. The maximum absolute atomic E-state index is 13.2. The second-order valence-electron chi connectivity index (χ2n) is 8.17. The molecule has 4 aromatic rings. The van der Waals surface area contributed by atoms with Crippen LogP contribution in [0.1, 0.15) is 35.9 Å². The third kappa shape index (κ3) is 4.76. The van der Waals surface area contributed by atoms with Gasteiger partial charge >= 0.3 is 0 Å². The van der Waals surface area contributed by atoms with Crippen molar-refractivity contribution in [2.45, 2.75) is 31.7 Å². The van der Waals surface area contributed by atoms with Gasteiger partial charge in [0, 0.05) is 11.7 Å². The fourth-order valence-electron chi connectivity index (χ4n) is 3.61. The number of aromatic hydroxyl groups is 1. The Kier molecular flexibility index (Phi) is 6.35. The molecule has 2 aromatic carbocycles. The lowest BCUT2D eigenvalue weighted by Gasteiger charge is -2.14. The van der Waals surface area contributed by atoms with Crippen molar-refractivity contribution >= 4 is 38.3 Å². The third-order valence-electron chi connectivity index (χ3n) is 5.31. The van der Waals surface area contributed by atoms with Crippen LogP contribution in [0.3, 0.4) is 0 Å². The molecule has 0 bridgehead atoms. The number of phenolic OH excluding ortho intramolecular Hbond substituents is 1. The lowest BCUT2D eigenvalue weighted by Crippen LogP contribution is -2.16. The van der Waals surface area contributed by atoms with Crippen LogP contribution in [0, 0.1) is 6.92 Å². The van der Waals surface area contributed by atoms with Gasteiger partial charge in [0.05, 0.1) is 40.5 Å². The van der Waals surface area contributed by atoms with Crippen molar-refractivity contribution in [1.29, 1.82) is 0 Å². The third-order valence-corrected chi connectivity index (χ3v) is 6.67. The Labute approximate surface area is 202 Å². The summed E-state index contributed by atoms with van der Waals surface area (Å²) in [6, 6.07) is 11.9. The monoisotopic (exact) mass is 495 g/mol. The van der Waals surface area contributed by atoms with E-state index in [2.05, 4.69) is 20.1 Å². The van der Waals surface area contributed by atoms with E-state index in [9.17, 15) is 18.3 Å². The second-order valence-corrected chi connectivity index (χ2v) is 9.85. The number of phenols is 1. The van der Waals surface area contributed by atoms with Crippen LogP contribution in [0.2, 0.25) is 0 Å².